The number of ether oxygens (including phenoxy) is 1. The summed E-state index contributed by atoms with van der Waals surface area (Å²) in [5.41, 5.74) is 1.22. The quantitative estimate of drug-likeness (QED) is 0.740. The van der Waals surface area contributed by atoms with Crippen LogP contribution >= 0.6 is 0 Å². The minimum Gasteiger partial charge on any atom is -0.490 e. The molecule has 0 bridgehead atoms. The number of benzene rings is 1. The average molecular weight is 236 g/mol. The maximum absolute atomic E-state index is 13.6. The van der Waals surface area contributed by atoms with Crippen LogP contribution in [0.15, 0.2) is 18.2 Å². The summed E-state index contributed by atoms with van der Waals surface area (Å²) in [6.45, 7) is 7.15. The molecule has 0 aliphatic heterocycles. The smallest absolute Gasteiger partial charge is 0.165 e. The molecule has 1 aliphatic rings. The first-order valence-electron chi connectivity index (χ1n) is 6.46. The molecule has 0 aromatic heterocycles. The summed E-state index contributed by atoms with van der Waals surface area (Å²) in [6, 6.07) is 5.25. The monoisotopic (exact) mass is 236 g/mol. The molecule has 0 radical (unpaired) electrons. The lowest BCUT2D eigenvalue weighted by atomic mass is 9.82. The molecule has 1 aliphatic carbocycles. The van der Waals surface area contributed by atoms with Crippen molar-refractivity contribution in [2.45, 2.75) is 45.4 Å². The topological polar surface area (TPSA) is 9.23 Å². The first-order chi connectivity index (χ1) is 8.03. The van der Waals surface area contributed by atoms with Crippen LogP contribution in [0.4, 0.5) is 4.39 Å². The molecule has 1 nitrogen and oxygen atoms in total. The zero-order valence-electron chi connectivity index (χ0n) is 10.9. The van der Waals surface area contributed by atoms with Crippen LogP contribution < -0.4 is 4.74 Å². The van der Waals surface area contributed by atoms with Gasteiger partial charge in [0.05, 0.1) is 6.61 Å². The fourth-order valence-corrected chi connectivity index (χ4v) is 1.73. The van der Waals surface area contributed by atoms with Crippen LogP contribution in [0.5, 0.6) is 5.75 Å². The van der Waals surface area contributed by atoms with Gasteiger partial charge >= 0.3 is 0 Å². The summed E-state index contributed by atoms with van der Waals surface area (Å²) in [5.74, 6) is 0.814. The number of rotatable bonds is 5. The lowest BCUT2D eigenvalue weighted by Crippen LogP contribution is -2.15. The summed E-state index contributed by atoms with van der Waals surface area (Å²) in [4.78, 5) is 0. The highest BCUT2D eigenvalue weighted by molar-refractivity contribution is 5.34. The van der Waals surface area contributed by atoms with E-state index in [2.05, 4.69) is 20.8 Å². The van der Waals surface area contributed by atoms with E-state index in [9.17, 15) is 4.39 Å². The first-order valence-corrected chi connectivity index (χ1v) is 6.46. The van der Waals surface area contributed by atoms with Gasteiger partial charge in [0.2, 0.25) is 0 Å². The molecule has 1 aromatic carbocycles. The summed E-state index contributed by atoms with van der Waals surface area (Å²) >= 11 is 0. The summed E-state index contributed by atoms with van der Waals surface area (Å²) < 4.78 is 19.2. The van der Waals surface area contributed by atoms with Crippen molar-refractivity contribution in [1.82, 2.24) is 0 Å². The van der Waals surface area contributed by atoms with E-state index < -0.39 is 0 Å². The third-order valence-corrected chi connectivity index (χ3v) is 3.77. The first kappa shape index (κ1) is 12.4. The molecule has 0 heterocycles. The minimum absolute atomic E-state index is 0.0748. The lowest BCUT2D eigenvalue weighted by molar-refractivity contribution is 0.284. The van der Waals surface area contributed by atoms with Crippen LogP contribution in [0, 0.1) is 11.7 Å². The molecule has 1 saturated carbocycles. The Balaban J connectivity index is 2.15. The molecule has 17 heavy (non-hydrogen) atoms. The van der Waals surface area contributed by atoms with Crippen molar-refractivity contribution in [3.05, 3.63) is 29.6 Å². The van der Waals surface area contributed by atoms with Crippen molar-refractivity contribution in [2.24, 2.45) is 5.92 Å². The molecule has 0 unspecified atom stereocenters. The molecule has 0 amide bonds. The summed E-state index contributed by atoms with van der Waals surface area (Å²) in [6.07, 6.45) is 3.48. The summed E-state index contributed by atoms with van der Waals surface area (Å²) in [7, 11) is 0. The minimum atomic E-state index is -0.249. The molecule has 1 aromatic rings. The van der Waals surface area contributed by atoms with E-state index in [1.54, 1.807) is 0 Å². The normalized spacial score (nSPS) is 16.0. The highest BCUT2D eigenvalue weighted by Crippen LogP contribution is 2.33. The second-order valence-electron chi connectivity index (χ2n) is 5.64. The van der Waals surface area contributed by atoms with Gasteiger partial charge in [0.1, 0.15) is 0 Å². The Labute approximate surface area is 103 Å². The van der Waals surface area contributed by atoms with Gasteiger partial charge in [0.15, 0.2) is 11.6 Å². The van der Waals surface area contributed by atoms with Gasteiger partial charge in [-0.2, -0.15) is 0 Å². The van der Waals surface area contributed by atoms with Crippen LogP contribution in [0.1, 0.15) is 45.6 Å². The molecule has 0 atom stereocenters. The van der Waals surface area contributed by atoms with E-state index in [0.29, 0.717) is 18.3 Å². The Hall–Kier alpha value is -1.05. The van der Waals surface area contributed by atoms with E-state index >= 15 is 0 Å². The second kappa shape index (κ2) is 4.67. The van der Waals surface area contributed by atoms with Crippen LogP contribution in [0.3, 0.4) is 0 Å². The highest BCUT2D eigenvalue weighted by Gasteiger charge is 2.24. The predicted octanol–water partition coefficient (Wildman–Crippen LogP) is 4.30. The Morgan fingerprint density at radius 3 is 2.65 bits per heavy atom. The standard InChI is InChI=1S/C15H21FO/c1-4-15(2,3)12-7-8-13(16)14(9-12)17-10-11-5-6-11/h7-9,11H,4-6,10H2,1-3H3. The van der Waals surface area contributed by atoms with Gasteiger partial charge in [0, 0.05) is 0 Å². The Bertz CT molecular complexity index is 394. The third kappa shape index (κ3) is 2.99. The number of hydrogen-bond donors (Lipinski definition) is 0. The summed E-state index contributed by atoms with van der Waals surface area (Å²) in [5, 5.41) is 0. The Morgan fingerprint density at radius 2 is 2.06 bits per heavy atom. The van der Waals surface area contributed by atoms with Gasteiger partial charge in [-0.1, -0.05) is 26.8 Å². The van der Waals surface area contributed by atoms with E-state index in [1.807, 2.05) is 12.1 Å². The van der Waals surface area contributed by atoms with Crippen LogP contribution in [-0.4, -0.2) is 6.61 Å². The highest BCUT2D eigenvalue weighted by atomic mass is 19.1. The molecule has 2 rings (SSSR count). The molecule has 0 spiro atoms. The number of hydrogen-bond acceptors (Lipinski definition) is 1. The molecule has 1 fully saturated rings. The van der Waals surface area contributed by atoms with E-state index in [0.717, 1.165) is 12.0 Å². The van der Waals surface area contributed by atoms with Gasteiger partial charge < -0.3 is 4.74 Å². The van der Waals surface area contributed by atoms with Crippen molar-refractivity contribution in [3.63, 3.8) is 0 Å². The fraction of sp³-hybridized carbons (Fsp3) is 0.600. The van der Waals surface area contributed by atoms with Crippen molar-refractivity contribution >= 4 is 0 Å². The lowest BCUT2D eigenvalue weighted by Gasteiger charge is -2.24. The zero-order valence-corrected chi connectivity index (χ0v) is 10.9. The van der Waals surface area contributed by atoms with Crippen molar-refractivity contribution in [2.75, 3.05) is 6.61 Å². The molecular formula is C15H21FO. The van der Waals surface area contributed by atoms with Gasteiger partial charge in [-0.25, -0.2) is 4.39 Å². The SMILES string of the molecule is CCC(C)(C)c1ccc(F)c(OCC2CC2)c1. The zero-order chi connectivity index (χ0) is 12.5. The molecule has 94 valence electrons. The maximum atomic E-state index is 13.6. The largest absolute Gasteiger partial charge is 0.490 e. The number of halogens is 1. The third-order valence-electron chi connectivity index (χ3n) is 3.77. The van der Waals surface area contributed by atoms with Crippen molar-refractivity contribution in [3.8, 4) is 5.75 Å². The van der Waals surface area contributed by atoms with Crippen molar-refractivity contribution < 1.29 is 9.13 Å². The fourth-order valence-electron chi connectivity index (χ4n) is 1.73. The van der Waals surface area contributed by atoms with E-state index in [-0.39, 0.29) is 11.2 Å². The van der Waals surface area contributed by atoms with Crippen LogP contribution in [0.25, 0.3) is 0 Å². The Kier molecular flexibility index (Phi) is 3.41. The van der Waals surface area contributed by atoms with Gasteiger partial charge in [-0.05, 0) is 48.3 Å². The van der Waals surface area contributed by atoms with Gasteiger partial charge in [-0.3, -0.25) is 0 Å². The maximum Gasteiger partial charge on any atom is 0.165 e. The van der Waals surface area contributed by atoms with Crippen LogP contribution in [0.2, 0.25) is 0 Å². The molecule has 0 N–H and O–H groups in total. The average Bonchev–Trinajstić information content (AvgIpc) is 3.11. The molecule has 0 saturated heterocycles. The van der Waals surface area contributed by atoms with Gasteiger partial charge in [-0.15, -0.1) is 0 Å². The van der Waals surface area contributed by atoms with Gasteiger partial charge in [0.25, 0.3) is 0 Å². The van der Waals surface area contributed by atoms with Crippen molar-refractivity contribution in [1.29, 1.82) is 0 Å². The van der Waals surface area contributed by atoms with E-state index in [1.165, 1.54) is 18.9 Å². The predicted molar refractivity (Wildman–Crippen MR) is 67.9 cm³/mol. The van der Waals surface area contributed by atoms with E-state index in [4.69, 9.17) is 4.74 Å². The Morgan fingerprint density at radius 1 is 1.35 bits per heavy atom. The second-order valence-corrected chi connectivity index (χ2v) is 5.64. The molecular weight excluding hydrogens is 215 g/mol. The van der Waals surface area contributed by atoms with Crippen LogP contribution in [-0.2, 0) is 5.41 Å². The molecule has 2 heteroatoms.